The molecule has 0 spiro atoms. The van der Waals surface area contributed by atoms with E-state index in [1.807, 2.05) is 0 Å². The van der Waals surface area contributed by atoms with Crippen molar-refractivity contribution in [3.05, 3.63) is 35.4 Å². The van der Waals surface area contributed by atoms with Crippen LogP contribution in [-0.4, -0.2) is 35.5 Å². The fourth-order valence-corrected chi connectivity index (χ4v) is 2.66. The number of aliphatic carboxylic acids is 1. The van der Waals surface area contributed by atoms with Crippen molar-refractivity contribution in [3.63, 3.8) is 0 Å². The maximum Gasteiger partial charge on any atom is 0.306 e. The van der Waals surface area contributed by atoms with Gasteiger partial charge in [0.05, 0.1) is 12.5 Å². The van der Waals surface area contributed by atoms with Gasteiger partial charge in [-0.1, -0.05) is 0 Å². The third-order valence-electron chi connectivity index (χ3n) is 4.03. The lowest BCUT2D eigenvalue weighted by Crippen LogP contribution is -2.43. The van der Waals surface area contributed by atoms with Gasteiger partial charge in [-0.2, -0.15) is 0 Å². The second-order valence-corrected chi connectivity index (χ2v) is 5.77. The minimum absolute atomic E-state index is 0.0799. The van der Waals surface area contributed by atoms with Crippen LogP contribution in [-0.2, 0) is 9.59 Å². The number of carbonyl (C=O) groups is 3. The van der Waals surface area contributed by atoms with Gasteiger partial charge in [-0.3, -0.25) is 14.4 Å². The van der Waals surface area contributed by atoms with E-state index in [9.17, 15) is 23.2 Å². The van der Waals surface area contributed by atoms with Crippen LogP contribution in [0.25, 0.3) is 0 Å². The average Bonchev–Trinajstić information content (AvgIpc) is 2.55. The standard InChI is InChI=1S/C16H18F2N2O4/c17-12-6-3-10(7-13(12)18)15(22)19-8-14(21)20-11-4-1-9(2-5-11)16(23)24/h3,6-7,9,11H,1-2,4-5,8H2,(H,19,22)(H,20,21)(H,23,24). The lowest BCUT2D eigenvalue weighted by molar-refractivity contribution is -0.142. The van der Waals surface area contributed by atoms with Gasteiger partial charge in [0, 0.05) is 11.6 Å². The first-order valence-electron chi connectivity index (χ1n) is 7.62. The molecule has 0 radical (unpaired) electrons. The molecule has 0 saturated heterocycles. The van der Waals surface area contributed by atoms with E-state index in [2.05, 4.69) is 10.6 Å². The van der Waals surface area contributed by atoms with Crippen molar-refractivity contribution >= 4 is 17.8 Å². The largest absolute Gasteiger partial charge is 0.481 e. The molecule has 3 N–H and O–H groups in total. The minimum atomic E-state index is -1.14. The number of carbonyl (C=O) groups excluding carboxylic acids is 2. The Morgan fingerprint density at radius 2 is 1.75 bits per heavy atom. The first-order chi connectivity index (χ1) is 11.4. The van der Waals surface area contributed by atoms with Crippen LogP contribution in [0.15, 0.2) is 18.2 Å². The predicted molar refractivity (Wildman–Crippen MR) is 80.2 cm³/mol. The van der Waals surface area contributed by atoms with E-state index < -0.39 is 29.4 Å². The summed E-state index contributed by atoms with van der Waals surface area (Å²) in [7, 11) is 0. The molecule has 24 heavy (non-hydrogen) atoms. The second kappa shape index (κ2) is 7.85. The molecule has 0 unspecified atom stereocenters. The molecule has 8 heteroatoms. The van der Waals surface area contributed by atoms with Crippen molar-refractivity contribution in [2.24, 2.45) is 5.92 Å². The van der Waals surface area contributed by atoms with Crippen LogP contribution in [0.2, 0.25) is 0 Å². The van der Waals surface area contributed by atoms with Crippen molar-refractivity contribution in [1.82, 2.24) is 10.6 Å². The molecule has 0 bridgehead atoms. The van der Waals surface area contributed by atoms with E-state index in [1.54, 1.807) is 0 Å². The molecular weight excluding hydrogens is 322 g/mol. The lowest BCUT2D eigenvalue weighted by Gasteiger charge is -2.26. The fourth-order valence-electron chi connectivity index (χ4n) is 2.66. The number of carboxylic acid groups (broad SMARTS) is 1. The zero-order chi connectivity index (χ0) is 17.7. The van der Waals surface area contributed by atoms with Gasteiger partial charge < -0.3 is 15.7 Å². The van der Waals surface area contributed by atoms with E-state index >= 15 is 0 Å². The Morgan fingerprint density at radius 1 is 1.08 bits per heavy atom. The molecular formula is C16H18F2N2O4. The van der Waals surface area contributed by atoms with Crippen LogP contribution in [0.4, 0.5) is 8.78 Å². The van der Waals surface area contributed by atoms with Crippen LogP contribution in [0.3, 0.4) is 0 Å². The summed E-state index contributed by atoms with van der Waals surface area (Å²) in [5.74, 6) is -4.48. The van der Waals surface area contributed by atoms with Crippen LogP contribution in [0, 0.1) is 17.6 Å². The van der Waals surface area contributed by atoms with Crippen molar-refractivity contribution in [1.29, 1.82) is 0 Å². The highest BCUT2D eigenvalue weighted by Crippen LogP contribution is 2.24. The molecule has 1 fully saturated rings. The van der Waals surface area contributed by atoms with Gasteiger partial charge >= 0.3 is 5.97 Å². The van der Waals surface area contributed by atoms with Crippen LogP contribution in [0.5, 0.6) is 0 Å². The Kier molecular flexibility index (Phi) is 5.83. The van der Waals surface area contributed by atoms with Crippen molar-refractivity contribution in [2.45, 2.75) is 31.7 Å². The van der Waals surface area contributed by atoms with Gasteiger partial charge in [0.1, 0.15) is 0 Å². The van der Waals surface area contributed by atoms with Crippen molar-refractivity contribution in [2.75, 3.05) is 6.54 Å². The van der Waals surface area contributed by atoms with Crippen LogP contribution >= 0.6 is 0 Å². The Hall–Kier alpha value is -2.51. The van der Waals surface area contributed by atoms with Crippen molar-refractivity contribution < 1.29 is 28.3 Å². The van der Waals surface area contributed by atoms with Gasteiger partial charge in [-0.15, -0.1) is 0 Å². The summed E-state index contributed by atoms with van der Waals surface area (Å²) in [5, 5.41) is 14.0. The third kappa shape index (κ3) is 4.74. The molecule has 2 rings (SSSR count). The fraction of sp³-hybridized carbons (Fsp3) is 0.438. The summed E-state index contributed by atoms with van der Waals surface area (Å²) < 4.78 is 25.9. The highest BCUT2D eigenvalue weighted by Gasteiger charge is 2.26. The van der Waals surface area contributed by atoms with Crippen LogP contribution < -0.4 is 10.6 Å². The lowest BCUT2D eigenvalue weighted by atomic mass is 9.86. The van der Waals surface area contributed by atoms with Crippen LogP contribution in [0.1, 0.15) is 36.0 Å². The molecule has 1 aromatic carbocycles. The molecule has 1 aliphatic rings. The molecule has 6 nitrogen and oxygen atoms in total. The summed E-state index contributed by atoms with van der Waals surface area (Å²) >= 11 is 0. The molecule has 1 aliphatic carbocycles. The maximum absolute atomic E-state index is 13.1. The average molecular weight is 340 g/mol. The number of amides is 2. The summed E-state index contributed by atoms with van der Waals surface area (Å²) in [6.07, 6.45) is 2.14. The number of halogens is 2. The number of hydrogen-bond acceptors (Lipinski definition) is 3. The Bertz CT molecular complexity index is 643. The summed E-state index contributed by atoms with van der Waals surface area (Å²) in [4.78, 5) is 34.4. The zero-order valence-corrected chi connectivity index (χ0v) is 12.9. The smallest absolute Gasteiger partial charge is 0.306 e. The maximum atomic E-state index is 13.1. The van der Waals surface area contributed by atoms with E-state index in [1.165, 1.54) is 0 Å². The van der Waals surface area contributed by atoms with Gasteiger partial charge in [-0.25, -0.2) is 8.78 Å². The molecule has 1 saturated carbocycles. The van der Waals surface area contributed by atoms with Gasteiger partial charge in [0.25, 0.3) is 5.91 Å². The van der Waals surface area contributed by atoms with E-state index in [4.69, 9.17) is 5.11 Å². The van der Waals surface area contributed by atoms with E-state index in [0.717, 1.165) is 18.2 Å². The number of benzene rings is 1. The zero-order valence-electron chi connectivity index (χ0n) is 12.9. The van der Waals surface area contributed by atoms with Gasteiger partial charge in [0.2, 0.25) is 5.91 Å². The Labute approximate surface area is 137 Å². The molecule has 2 amide bonds. The minimum Gasteiger partial charge on any atom is -0.481 e. The quantitative estimate of drug-likeness (QED) is 0.756. The van der Waals surface area contributed by atoms with Gasteiger partial charge in [0.15, 0.2) is 11.6 Å². The summed E-state index contributed by atoms with van der Waals surface area (Å²) in [6.45, 7) is -0.295. The molecule has 0 atom stereocenters. The van der Waals surface area contributed by atoms with Gasteiger partial charge in [-0.05, 0) is 43.9 Å². The number of nitrogens with one attached hydrogen (secondary N) is 2. The van der Waals surface area contributed by atoms with Crippen molar-refractivity contribution in [3.8, 4) is 0 Å². The molecule has 0 aliphatic heterocycles. The monoisotopic (exact) mass is 340 g/mol. The highest BCUT2D eigenvalue weighted by atomic mass is 19.2. The molecule has 0 heterocycles. The highest BCUT2D eigenvalue weighted by molar-refractivity contribution is 5.96. The number of carboxylic acids is 1. The first-order valence-corrected chi connectivity index (χ1v) is 7.62. The predicted octanol–water partition coefficient (Wildman–Crippen LogP) is 1.45. The Morgan fingerprint density at radius 3 is 2.33 bits per heavy atom. The second-order valence-electron chi connectivity index (χ2n) is 5.77. The molecule has 130 valence electrons. The number of rotatable bonds is 5. The summed E-state index contributed by atoms with van der Waals surface area (Å²) in [6, 6.07) is 2.60. The Balaban J connectivity index is 1.76. The summed E-state index contributed by atoms with van der Waals surface area (Å²) in [5.41, 5.74) is -0.0799. The SMILES string of the molecule is O=C(CNC(=O)c1ccc(F)c(F)c1)NC1CCC(C(=O)O)CC1. The number of hydrogen-bond donors (Lipinski definition) is 3. The normalized spacial score (nSPS) is 20.2. The third-order valence-corrected chi connectivity index (χ3v) is 4.03. The molecule has 1 aromatic rings. The first kappa shape index (κ1) is 17.8. The molecule has 0 aromatic heterocycles. The topological polar surface area (TPSA) is 95.5 Å². The van der Waals surface area contributed by atoms with E-state index in [0.29, 0.717) is 25.7 Å². The van der Waals surface area contributed by atoms with E-state index in [-0.39, 0.29) is 24.1 Å².